The Bertz CT molecular complexity index is 812. The Morgan fingerprint density at radius 1 is 1.15 bits per heavy atom. The highest BCUT2D eigenvalue weighted by molar-refractivity contribution is 7.80. The van der Waals surface area contributed by atoms with Crippen LogP contribution in [0.25, 0.3) is 22.6 Å². The number of nitrogens with zero attached hydrogens (tertiary/aromatic N) is 1. The van der Waals surface area contributed by atoms with Gasteiger partial charge < -0.3 is 10.2 Å². The van der Waals surface area contributed by atoms with E-state index in [0.717, 1.165) is 11.1 Å². The van der Waals surface area contributed by atoms with Gasteiger partial charge in [-0.25, -0.2) is 4.98 Å². The molecule has 3 rings (SSSR count). The van der Waals surface area contributed by atoms with Gasteiger partial charge in [-0.1, -0.05) is 47.6 Å². The maximum Gasteiger partial charge on any atom is 0.227 e. The molecule has 0 atom stereocenters. The van der Waals surface area contributed by atoms with Crippen LogP contribution in [-0.4, -0.2) is 9.97 Å². The molecule has 1 heterocycles. The van der Waals surface area contributed by atoms with E-state index < -0.39 is 0 Å². The molecule has 0 amide bonds. The summed E-state index contributed by atoms with van der Waals surface area (Å²) in [5.74, 6) is 0.471. The molecule has 2 N–H and O–H groups in total. The number of nitrogens with two attached hydrogens (primary N) is 1. The van der Waals surface area contributed by atoms with Gasteiger partial charge in [0, 0.05) is 16.1 Å². The molecule has 0 aliphatic heterocycles. The van der Waals surface area contributed by atoms with Crippen molar-refractivity contribution in [2.45, 2.75) is 0 Å². The maximum atomic E-state index is 6.08. The largest absolute Gasteiger partial charge is 0.435 e. The van der Waals surface area contributed by atoms with E-state index in [-0.39, 0.29) is 0 Å². The number of thiocarbonyl (C=S) groups is 1. The van der Waals surface area contributed by atoms with Gasteiger partial charge in [0.1, 0.15) is 10.5 Å². The summed E-state index contributed by atoms with van der Waals surface area (Å²) in [5.41, 5.74) is 8.31. The van der Waals surface area contributed by atoms with Crippen LogP contribution in [0.4, 0.5) is 0 Å². The predicted molar refractivity (Wildman–Crippen MR) is 85.4 cm³/mol. The van der Waals surface area contributed by atoms with Crippen LogP contribution in [0.1, 0.15) is 5.56 Å². The number of hydrogen-bond acceptors (Lipinski definition) is 3. The van der Waals surface area contributed by atoms with Crippen LogP contribution in [-0.2, 0) is 0 Å². The van der Waals surface area contributed by atoms with Crippen molar-refractivity contribution < 1.29 is 4.42 Å². The molecule has 3 aromatic rings. The van der Waals surface area contributed by atoms with Gasteiger partial charge in [-0.2, -0.15) is 0 Å². The minimum atomic E-state index is 0.351. The van der Waals surface area contributed by atoms with Gasteiger partial charge in [-0.15, -0.1) is 0 Å². The smallest absolute Gasteiger partial charge is 0.227 e. The molecule has 2 aromatic carbocycles. The van der Waals surface area contributed by atoms with Gasteiger partial charge >= 0.3 is 0 Å². The van der Waals surface area contributed by atoms with Gasteiger partial charge in [-0.05, 0) is 24.3 Å². The molecule has 0 saturated heterocycles. The summed E-state index contributed by atoms with van der Waals surface area (Å²) in [7, 11) is 0. The fourth-order valence-electron chi connectivity index (χ4n) is 1.86. The highest BCUT2D eigenvalue weighted by atomic mass is 35.5. The number of benzene rings is 2. The van der Waals surface area contributed by atoms with Crippen LogP contribution >= 0.6 is 35.4 Å². The Morgan fingerprint density at radius 3 is 2.50 bits per heavy atom. The molecule has 0 aliphatic carbocycles. The number of fused-ring (bicyclic) bond motifs is 1. The molecule has 0 unspecified atom stereocenters. The van der Waals surface area contributed by atoms with E-state index in [9.17, 15) is 0 Å². The van der Waals surface area contributed by atoms with Gasteiger partial charge in [0.25, 0.3) is 0 Å². The second-order valence-corrected chi connectivity index (χ2v) is 5.48. The first kappa shape index (κ1) is 13.4. The van der Waals surface area contributed by atoms with Crippen LogP contribution in [0.15, 0.2) is 40.8 Å². The predicted octanol–water partition coefficient (Wildman–Crippen LogP) is 4.44. The zero-order valence-corrected chi connectivity index (χ0v) is 12.4. The number of halogens is 2. The molecule has 0 aliphatic rings. The average molecular weight is 323 g/mol. The van der Waals surface area contributed by atoms with Gasteiger partial charge in [0.05, 0.1) is 5.02 Å². The molecule has 3 nitrogen and oxygen atoms in total. The third kappa shape index (κ3) is 2.38. The van der Waals surface area contributed by atoms with Crippen molar-refractivity contribution in [3.05, 3.63) is 52.0 Å². The quantitative estimate of drug-likeness (QED) is 0.709. The Balaban J connectivity index is 2.10. The highest BCUT2D eigenvalue weighted by Crippen LogP contribution is 2.31. The van der Waals surface area contributed by atoms with Gasteiger partial charge in [0.15, 0.2) is 5.58 Å². The molecule has 0 saturated carbocycles. The number of hydrogen-bond donors (Lipinski definition) is 1. The lowest BCUT2D eigenvalue weighted by molar-refractivity contribution is 0.620. The first-order valence-corrected chi connectivity index (χ1v) is 6.87. The Morgan fingerprint density at radius 2 is 1.85 bits per heavy atom. The lowest BCUT2D eigenvalue weighted by atomic mass is 10.1. The molecule has 0 fully saturated rings. The van der Waals surface area contributed by atoms with E-state index in [1.165, 1.54) is 0 Å². The zero-order valence-electron chi connectivity index (χ0n) is 10.1. The fraction of sp³-hybridized carbons (Fsp3) is 0. The zero-order chi connectivity index (χ0) is 14.3. The van der Waals surface area contributed by atoms with Crippen LogP contribution in [0, 0.1) is 0 Å². The van der Waals surface area contributed by atoms with Crippen LogP contribution < -0.4 is 5.73 Å². The second-order valence-electron chi connectivity index (χ2n) is 4.20. The second kappa shape index (κ2) is 5.05. The molecular weight excluding hydrogens is 315 g/mol. The summed E-state index contributed by atoms with van der Waals surface area (Å²) in [5, 5.41) is 0.956. The first-order valence-electron chi connectivity index (χ1n) is 5.70. The summed E-state index contributed by atoms with van der Waals surface area (Å²) in [6.07, 6.45) is 0. The Hall–Kier alpha value is -1.62. The monoisotopic (exact) mass is 322 g/mol. The third-order valence-electron chi connectivity index (χ3n) is 2.83. The van der Waals surface area contributed by atoms with Crippen molar-refractivity contribution in [3.8, 4) is 11.5 Å². The van der Waals surface area contributed by atoms with Crippen molar-refractivity contribution in [2.75, 3.05) is 0 Å². The summed E-state index contributed by atoms with van der Waals surface area (Å²) >= 11 is 16.9. The SMILES string of the molecule is NC(=S)c1ccc(-c2nc3cc(Cl)cc(Cl)c3o2)cc1. The minimum Gasteiger partial charge on any atom is -0.435 e. The van der Waals surface area contributed by atoms with E-state index in [4.69, 9.17) is 45.6 Å². The van der Waals surface area contributed by atoms with Crippen molar-refractivity contribution in [2.24, 2.45) is 5.73 Å². The molecule has 1 aromatic heterocycles. The molecule has 100 valence electrons. The normalized spacial score (nSPS) is 10.9. The van der Waals surface area contributed by atoms with Crippen molar-refractivity contribution >= 4 is 51.5 Å². The molecule has 6 heteroatoms. The van der Waals surface area contributed by atoms with Gasteiger partial charge in [-0.3, -0.25) is 0 Å². The number of rotatable bonds is 2. The lowest BCUT2D eigenvalue weighted by Crippen LogP contribution is -2.08. The molecule has 0 bridgehead atoms. The standard InChI is InChI=1S/C14H8Cl2N2OS/c15-9-5-10(16)12-11(6-9)18-14(19-12)8-3-1-7(2-4-8)13(17)20/h1-6H,(H2,17,20). The number of aromatic nitrogens is 1. The topological polar surface area (TPSA) is 52.0 Å². The van der Waals surface area contributed by atoms with E-state index >= 15 is 0 Å². The van der Waals surface area contributed by atoms with E-state index in [2.05, 4.69) is 4.98 Å². The van der Waals surface area contributed by atoms with Gasteiger partial charge in [0.2, 0.25) is 5.89 Å². The molecule has 0 radical (unpaired) electrons. The average Bonchev–Trinajstić information content (AvgIpc) is 2.83. The summed E-state index contributed by atoms with van der Waals surface area (Å²) < 4.78 is 5.67. The van der Waals surface area contributed by atoms with E-state index in [1.54, 1.807) is 12.1 Å². The summed E-state index contributed by atoms with van der Waals surface area (Å²) in [6.45, 7) is 0. The minimum absolute atomic E-state index is 0.351. The van der Waals surface area contributed by atoms with Crippen LogP contribution in [0.3, 0.4) is 0 Å². The maximum absolute atomic E-state index is 6.08. The molecule has 0 spiro atoms. The Kier molecular flexibility index (Phi) is 3.38. The lowest BCUT2D eigenvalue weighted by Gasteiger charge is -1.99. The highest BCUT2D eigenvalue weighted by Gasteiger charge is 2.12. The van der Waals surface area contributed by atoms with Crippen molar-refractivity contribution in [1.82, 2.24) is 4.98 Å². The first-order chi connectivity index (χ1) is 9.54. The van der Waals surface area contributed by atoms with Crippen molar-refractivity contribution in [3.63, 3.8) is 0 Å². The summed E-state index contributed by atoms with van der Waals surface area (Å²) in [4.78, 5) is 4.73. The molecule has 20 heavy (non-hydrogen) atoms. The van der Waals surface area contributed by atoms with E-state index in [1.807, 2.05) is 24.3 Å². The summed E-state index contributed by atoms with van der Waals surface area (Å²) in [6, 6.07) is 10.7. The fourth-order valence-corrected chi connectivity index (χ4v) is 2.52. The number of oxazole rings is 1. The third-order valence-corrected chi connectivity index (χ3v) is 3.56. The van der Waals surface area contributed by atoms with Crippen LogP contribution in [0.2, 0.25) is 10.0 Å². The van der Waals surface area contributed by atoms with E-state index in [0.29, 0.717) is 32.0 Å². The Labute approximate surface area is 130 Å². The van der Waals surface area contributed by atoms with Crippen LogP contribution in [0.5, 0.6) is 0 Å². The van der Waals surface area contributed by atoms with Crippen molar-refractivity contribution in [1.29, 1.82) is 0 Å². The molecular formula is C14H8Cl2N2OS.